The lowest BCUT2D eigenvalue weighted by Crippen LogP contribution is -2.67. The largest absolute Gasteiger partial charge is 0.330 e. The number of aldehydes is 4. The highest BCUT2D eigenvalue weighted by atomic mass is 32.2. The summed E-state index contributed by atoms with van der Waals surface area (Å²) in [6.07, 6.45) is 10.4. The van der Waals surface area contributed by atoms with Crippen molar-refractivity contribution in [2.75, 3.05) is 26.2 Å². The van der Waals surface area contributed by atoms with E-state index in [2.05, 4.69) is 101 Å². The van der Waals surface area contributed by atoms with E-state index in [1.807, 2.05) is 18.2 Å². The first-order valence-electron chi connectivity index (χ1n) is 22.4. The number of nitrogens with one attached hydrogen (secondary N) is 4. The summed E-state index contributed by atoms with van der Waals surface area (Å²) in [6.45, 7) is 4.17. The van der Waals surface area contributed by atoms with Gasteiger partial charge in [0.15, 0.2) is 0 Å². The molecular weight excluding hydrogens is 785 g/mol. The first kappa shape index (κ1) is 51.7. The Bertz CT molecular complexity index is 1410. The fraction of sp³-hybridized carbons (Fsp3) is 0.542. The van der Waals surface area contributed by atoms with Crippen molar-refractivity contribution in [3.8, 4) is 0 Å². The summed E-state index contributed by atoms with van der Waals surface area (Å²) in [5.41, 5.74) is 26.7. The Labute approximate surface area is 369 Å². The zero-order chi connectivity index (χ0) is 44.1. The van der Waals surface area contributed by atoms with E-state index in [1.54, 1.807) is 11.8 Å². The van der Waals surface area contributed by atoms with Crippen LogP contribution in [-0.4, -0.2) is 93.1 Å². The normalized spacial score (nSPS) is 14.4. The molecule has 0 heterocycles. The number of rotatable bonds is 36. The van der Waals surface area contributed by atoms with Gasteiger partial charge in [0.2, 0.25) is 0 Å². The van der Waals surface area contributed by atoms with Gasteiger partial charge in [-0.15, -0.1) is 11.8 Å². The number of carbonyl (C=O) groups is 4. The molecule has 0 radical (unpaired) electrons. The molecule has 12 nitrogen and oxygen atoms in total. The molecule has 3 aromatic rings. The zero-order valence-corrected chi connectivity index (χ0v) is 37.1. The minimum absolute atomic E-state index is 0.309. The van der Waals surface area contributed by atoms with Crippen molar-refractivity contribution in [1.82, 2.24) is 21.3 Å². The molecule has 0 fully saturated rings. The van der Waals surface area contributed by atoms with Gasteiger partial charge in [-0.25, -0.2) is 0 Å². The first-order valence-corrected chi connectivity index (χ1v) is 23.2. The maximum absolute atomic E-state index is 12.9. The average Bonchev–Trinajstić information content (AvgIpc) is 3.30. The van der Waals surface area contributed by atoms with Gasteiger partial charge in [-0.05, 0) is 94.2 Å². The van der Waals surface area contributed by atoms with Crippen molar-refractivity contribution in [2.45, 2.75) is 130 Å². The molecule has 0 bridgehead atoms. The first-order chi connectivity index (χ1) is 29.8. The van der Waals surface area contributed by atoms with E-state index in [0.29, 0.717) is 51.9 Å². The van der Waals surface area contributed by atoms with Crippen LogP contribution < -0.4 is 44.2 Å². The molecule has 0 saturated heterocycles. The molecule has 0 amide bonds. The highest BCUT2D eigenvalue weighted by Crippen LogP contribution is 2.51. The Hall–Kier alpha value is -3.63. The topological polar surface area (TPSA) is 220 Å². The second-order valence-corrected chi connectivity index (χ2v) is 17.5. The van der Waals surface area contributed by atoms with Gasteiger partial charge >= 0.3 is 0 Å². The van der Waals surface area contributed by atoms with Crippen LogP contribution in [0.1, 0.15) is 101 Å². The minimum Gasteiger partial charge on any atom is -0.330 e. The van der Waals surface area contributed by atoms with Crippen LogP contribution in [0.5, 0.6) is 0 Å². The summed E-state index contributed by atoms with van der Waals surface area (Å²) >= 11 is 1.76. The van der Waals surface area contributed by atoms with Crippen molar-refractivity contribution in [2.24, 2.45) is 28.9 Å². The maximum Gasteiger partial charge on any atom is 0.136 e. The van der Waals surface area contributed by atoms with Crippen LogP contribution in [0.15, 0.2) is 91.0 Å². The predicted molar refractivity (Wildman–Crippen MR) is 251 cm³/mol. The molecule has 5 atom stereocenters. The molecular formula is C48H74N8O4S. The number of hydrogen-bond acceptors (Lipinski definition) is 13. The standard InChI is InChI=1S/C48H74N8O4S/c1-37(61-48(38-19-5-2-6-20-38,39-21-7-3-8-22-39)40-23-9-4-10-24-40)45(46(53-41(33-57)25-11-15-29-49)54-42(34-58)26-12-16-30-50)47(55-43(35-59)27-13-17-31-51)56-44(36-60)28-14-18-32-52/h2-10,19-24,33-37,41-47,53-56H,11-18,25-32,49-52H2,1H3/t37?,41-,42-,43-,44-/m0/s1. The molecule has 61 heavy (non-hydrogen) atoms. The van der Waals surface area contributed by atoms with Gasteiger partial charge < -0.3 is 42.1 Å². The van der Waals surface area contributed by atoms with E-state index in [9.17, 15) is 19.2 Å². The Morgan fingerprint density at radius 1 is 0.459 bits per heavy atom. The summed E-state index contributed by atoms with van der Waals surface area (Å²) < 4.78 is -0.747. The van der Waals surface area contributed by atoms with Gasteiger partial charge in [-0.2, -0.15) is 0 Å². The fourth-order valence-electron chi connectivity index (χ4n) is 8.07. The molecule has 0 aliphatic carbocycles. The molecule has 336 valence electrons. The lowest BCUT2D eigenvalue weighted by atomic mass is 9.84. The molecule has 1 unspecified atom stereocenters. The molecule has 0 aliphatic rings. The van der Waals surface area contributed by atoms with Crippen LogP contribution in [0.4, 0.5) is 0 Å². The van der Waals surface area contributed by atoms with E-state index in [4.69, 9.17) is 22.9 Å². The van der Waals surface area contributed by atoms with Crippen molar-refractivity contribution in [3.63, 3.8) is 0 Å². The average molecular weight is 859 g/mol. The van der Waals surface area contributed by atoms with Crippen molar-refractivity contribution < 1.29 is 19.2 Å². The molecule has 3 rings (SSSR count). The van der Waals surface area contributed by atoms with E-state index in [-0.39, 0.29) is 5.25 Å². The second kappa shape index (κ2) is 30.4. The SMILES string of the molecule is CC(SC(c1ccccc1)(c1ccccc1)c1ccccc1)C(C(N[C@H](C=O)CCCCN)N[C@H](C=O)CCCCN)C(N[C@H](C=O)CCCCN)N[C@H](C=O)CCCCN. The predicted octanol–water partition coefficient (Wildman–Crippen LogP) is 4.51. The third-order valence-corrected chi connectivity index (χ3v) is 13.1. The summed E-state index contributed by atoms with van der Waals surface area (Å²) in [4.78, 5) is 51.7. The van der Waals surface area contributed by atoms with E-state index in [0.717, 1.165) is 93.2 Å². The van der Waals surface area contributed by atoms with Crippen molar-refractivity contribution in [1.29, 1.82) is 0 Å². The lowest BCUT2D eigenvalue weighted by molar-refractivity contribution is -0.111. The monoisotopic (exact) mass is 859 g/mol. The van der Waals surface area contributed by atoms with E-state index < -0.39 is 47.2 Å². The number of hydrogen-bond donors (Lipinski definition) is 8. The molecule has 0 aliphatic heterocycles. The third-order valence-electron chi connectivity index (χ3n) is 11.3. The van der Waals surface area contributed by atoms with Crippen molar-refractivity contribution >= 4 is 36.9 Å². The summed E-state index contributed by atoms with van der Waals surface area (Å²) in [7, 11) is 0. The van der Waals surface area contributed by atoms with Gasteiger partial charge in [0.1, 0.15) is 25.1 Å². The Morgan fingerprint density at radius 2 is 0.721 bits per heavy atom. The number of benzene rings is 3. The van der Waals surface area contributed by atoms with Gasteiger partial charge in [-0.1, -0.05) is 124 Å². The molecule has 3 aromatic carbocycles. The molecule has 0 saturated carbocycles. The van der Waals surface area contributed by atoms with Crippen LogP contribution in [0.25, 0.3) is 0 Å². The van der Waals surface area contributed by atoms with Gasteiger partial charge in [0, 0.05) is 11.2 Å². The molecule has 0 aromatic heterocycles. The highest BCUT2D eigenvalue weighted by molar-refractivity contribution is 8.01. The summed E-state index contributed by atoms with van der Waals surface area (Å²) in [5, 5.41) is 14.4. The quantitative estimate of drug-likeness (QED) is 0.0175. The van der Waals surface area contributed by atoms with Gasteiger partial charge in [-0.3, -0.25) is 21.3 Å². The van der Waals surface area contributed by atoms with E-state index in [1.165, 1.54) is 0 Å². The minimum atomic E-state index is -0.747. The Kier molecular flexibility index (Phi) is 25.8. The zero-order valence-electron chi connectivity index (χ0n) is 36.3. The van der Waals surface area contributed by atoms with E-state index >= 15 is 0 Å². The van der Waals surface area contributed by atoms with Crippen LogP contribution in [0, 0.1) is 5.92 Å². The smallest absolute Gasteiger partial charge is 0.136 e. The van der Waals surface area contributed by atoms with Crippen LogP contribution in [-0.2, 0) is 23.9 Å². The molecule has 0 spiro atoms. The number of nitrogens with two attached hydrogens (primary N) is 4. The molecule has 13 heteroatoms. The summed E-state index contributed by atoms with van der Waals surface area (Å²) in [5.74, 6) is -0.511. The fourth-order valence-corrected chi connectivity index (χ4v) is 9.92. The summed E-state index contributed by atoms with van der Waals surface area (Å²) in [6, 6.07) is 28.9. The highest BCUT2D eigenvalue weighted by Gasteiger charge is 2.45. The number of unbranched alkanes of at least 4 members (excludes halogenated alkanes) is 4. The van der Waals surface area contributed by atoms with Gasteiger partial charge in [0.25, 0.3) is 0 Å². The Morgan fingerprint density at radius 3 is 0.951 bits per heavy atom. The van der Waals surface area contributed by atoms with Crippen LogP contribution >= 0.6 is 11.8 Å². The molecule has 12 N–H and O–H groups in total. The van der Waals surface area contributed by atoms with Crippen molar-refractivity contribution in [3.05, 3.63) is 108 Å². The van der Waals surface area contributed by atoms with Crippen LogP contribution in [0.2, 0.25) is 0 Å². The lowest BCUT2D eigenvalue weighted by Gasteiger charge is -2.46. The van der Waals surface area contributed by atoms with Crippen LogP contribution in [0.3, 0.4) is 0 Å². The third kappa shape index (κ3) is 16.9. The van der Waals surface area contributed by atoms with Gasteiger partial charge in [0.05, 0.1) is 41.2 Å². The maximum atomic E-state index is 12.9. The number of thioether (sulfide) groups is 1. The Balaban J connectivity index is 2.38. The second-order valence-electron chi connectivity index (χ2n) is 15.9. The number of carbonyl (C=O) groups excluding carboxylic acids is 4.